The minimum atomic E-state index is -5.54. The summed E-state index contributed by atoms with van der Waals surface area (Å²) in [6.45, 7) is -1.63. The molecule has 0 aromatic rings. The van der Waals surface area contributed by atoms with E-state index >= 15 is 0 Å². The van der Waals surface area contributed by atoms with Crippen molar-refractivity contribution in [1.82, 2.24) is 0 Å². The largest absolute Gasteiger partial charge is 1.00 e. The zero-order chi connectivity index (χ0) is 13.6. The molecule has 2 rings (SSSR count). The fraction of sp³-hybridized carbons (Fsp3) is 0.900. The van der Waals surface area contributed by atoms with Crippen molar-refractivity contribution in [2.24, 2.45) is 17.8 Å². The van der Waals surface area contributed by atoms with Crippen molar-refractivity contribution in [1.29, 1.82) is 0 Å². The van der Waals surface area contributed by atoms with Gasteiger partial charge in [-0.05, 0) is 31.1 Å². The molecule has 106 valence electrons. The van der Waals surface area contributed by atoms with E-state index in [1.165, 1.54) is 0 Å². The molecule has 0 aromatic carbocycles. The summed E-state index contributed by atoms with van der Waals surface area (Å²) in [6.07, 6.45) is 3.48. The number of rotatable bonds is 4. The van der Waals surface area contributed by atoms with Crippen molar-refractivity contribution in [2.75, 3.05) is 6.61 Å². The van der Waals surface area contributed by atoms with Gasteiger partial charge >= 0.3 is 50.9 Å². The van der Waals surface area contributed by atoms with Crippen molar-refractivity contribution >= 4 is 16.1 Å². The molecule has 2 saturated carbocycles. The van der Waals surface area contributed by atoms with Gasteiger partial charge in [0.1, 0.15) is 0 Å². The van der Waals surface area contributed by atoms with E-state index in [1.54, 1.807) is 0 Å². The van der Waals surface area contributed by atoms with Crippen LogP contribution in [0.5, 0.6) is 0 Å². The first kappa shape index (κ1) is 17.3. The molecule has 2 aliphatic rings. The van der Waals surface area contributed by atoms with E-state index in [-0.39, 0.29) is 36.9 Å². The molecule has 3 atom stereocenters. The van der Waals surface area contributed by atoms with Gasteiger partial charge in [0.2, 0.25) is 0 Å². The van der Waals surface area contributed by atoms with E-state index < -0.39 is 33.9 Å². The van der Waals surface area contributed by atoms with Gasteiger partial charge in [-0.1, -0.05) is 6.42 Å². The van der Waals surface area contributed by atoms with Crippen molar-refractivity contribution in [3.63, 3.8) is 0 Å². The summed E-state index contributed by atoms with van der Waals surface area (Å²) in [4.78, 5) is 11.6. The summed E-state index contributed by atoms with van der Waals surface area (Å²) >= 11 is 0. The Balaban J connectivity index is 0.00000180. The molecule has 0 heterocycles. The van der Waals surface area contributed by atoms with Crippen LogP contribution < -0.4 is 29.6 Å². The smallest absolute Gasteiger partial charge is 1.00 e. The normalized spacial score (nSPS) is 29.9. The zero-order valence-electron chi connectivity index (χ0n) is 11.5. The van der Waals surface area contributed by atoms with Gasteiger partial charge < -0.3 is 6.16 Å². The second kappa shape index (κ2) is 5.93. The molecule has 0 aromatic heterocycles. The number of alkyl halides is 2. The van der Waals surface area contributed by atoms with Crippen LogP contribution in [-0.2, 0) is 19.6 Å². The molecule has 9 heteroatoms. The number of ether oxygens (including phenoxy) is 1. The van der Waals surface area contributed by atoms with Gasteiger partial charge in [0.25, 0.3) is 0 Å². The van der Waals surface area contributed by atoms with E-state index in [2.05, 4.69) is 4.74 Å². The maximum atomic E-state index is 12.9. The van der Waals surface area contributed by atoms with E-state index in [0.717, 1.165) is 19.3 Å². The minimum absolute atomic E-state index is 0. The molecule has 0 spiro atoms. The van der Waals surface area contributed by atoms with Crippen LogP contribution in [0.3, 0.4) is 0 Å². The topological polar surface area (TPSA) is 80.7 Å². The fourth-order valence-corrected chi connectivity index (χ4v) is 3.08. The quantitative estimate of drug-likeness (QED) is 0.391. The number of carbonyl (C=O) groups excluding carboxylic acids is 1. The van der Waals surface area contributed by atoms with E-state index in [0.29, 0.717) is 12.3 Å². The number of fused-ring (bicyclic) bond motifs is 2. The average molecular weight is 308 g/mol. The van der Waals surface area contributed by atoms with Gasteiger partial charge in [-0.3, -0.25) is 9.35 Å². The Morgan fingerprint density at radius 3 is 2.42 bits per heavy atom. The minimum Gasteiger partial charge on any atom is -1.00 e. The molecule has 2 bridgehead atoms. The predicted octanol–water partition coefficient (Wildman–Crippen LogP) is -1.44. The van der Waals surface area contributed by atoms with E-state index in [1.807, 2.05) is 0 Å². The van der Waals surface area contributed by atoms with Crippen LogP contribution in [0, 0.1) is 17.8 Å². The summed E-state index contributed by atoms with van der Waals surface area (Å²) in [5, 5.41) is -4.44. The first-order chi connectivity index (χ1) is 8.21. The van der Waals surface area contributed by atoms with Crippen molar-refractivity contribution in [3.05, 3.63) is 0 Å². The van der Waals surface area contributed by atoms with E-state index in [9.17, 15) is 22.0 Å². The molecule has 2 aliphatic carbocycles. The third-order valence-corrected chi connectivity index (χ3v) is 4.67. The molecular formula is C10H15F2NaO5S. The van der Waals surface area contributed by atoms with Gasteiger partial charge in [0, 0.05) is 0 Å². The summed E-state index contributed by atoms with van der Waals surface area (Å²) in [5.74, 6) is -0.567. The van der Waals surface area contributed by atoms with Crippen LogP contribution in [0.1, 0.15) is 27.1 Å². The molecule has 19 heavy (non-hydrogen) atoms. The third-order valence-electron chi connectivity index (χ3n) is 3.80. The molecule has 1 N–H and O–H groups in total. The summed E-state index contributed by atoms with van der Waals surface area (Å²) in [5.41, 5.74) is 0. The first-order valence-electron chi connectivity index (χ1n) is 5.72. The fourth-order valence-electron chi connectivity index (χ4n) is 2.87. The molecule has 2 fully saturated rings. The molecule has 0 amide bonds. The zero-order valence-corrected chi connectivity index (χ0v) is 13.3. The van der Waals surface area contributed by atoms with Crippen molar-refractivity contribution in [2.45, 2.75) is 30.9 Å². The molecule has 0 saturated heterocycles. The number of carbonyl (C=O) groups is 1. The summed E-state index contributed by atoms with van der Waals surface area (Å²) < 4.78 is 59.0. The van der Waals surface area contributed by atoms with Gasteiger partial charge in [0.15, 0.2) is 6.61 Å². The number of hydrogen-bond donors (Lipinski definition) is 1. The Kier molecular flexibility index (Phi) is 5.40. The monoisotopic (exact) mass is 308 g/mol. The summed E-state index contributed by atoms with van der Waals surface area (Å²) in [6, 6.07) is 0. The SMILES string of the molecule is O=C(OCC(F)(F)S(=O)(=O)O)C1CC2CCC1C2.[H-].[Na+]. The first-order valence-corrected chi connectivity index (χ1v) is 7.16. The number of hydrogen-bond acceptors (Lipinski definition) is 4. The number of halogens is 2. The maximum absolute atomic E-state index is 12.9. The Morgan fingerprint density at radius 2 is 2.00 bits per heavy atom. The molecule has 3 unspecified atom stereocenters. The van der Waals surface area contributed by atoms with Gasteiger partial charge in [-0.25, -0.2) is 0 Å². The Hall–Kier alpha value is 0.240. The molecule has 0 radical (unpaired) electrons. The molecular weight excluding hydrogens is 293 g/mol. The summed E-state index contributed by atoms with van der Waals surface area (Å²) in [7, 11) is -5.54. The standard InChI is InChI=1S/C10H14F2O5S.Na.H/c11-10(12,18(14,15)16)5-17-9(13)8-4-6-1-2-7(8)3-6;;/h6-8H,1-5H2,(H,14,15,16);;/q;+1;-1. The van der Waals surface area contributed by atoms with Gasteiger partial charge in [-0.2, -0.15) is 17.2 Å². The second-order valence-corrected chi connectivity index (χ2v) is 6.55. The van der Waals surface area contributed by atoms with Crippen LogP contribution in [0.25, 0.3) is 0 Å². The van der Waals surface area contributed by atoms with Crippen LogP contribution in [0.2, 0.25) is 0 Å². The van der Waals surface area contributed by atoms with Crippen LogP contribution in [0.15, 0.2) is 0 Å². The Morgan fingerprint density at radius 1 is 1.37 bits per heavy atom. The van der Waals surface area contributed by atoms with Crippen LogP contribution in [-0.4, -0.2) is 30.8 Å². The Labute approximate surface area is 133 Å². The van der Waals surface area contributed by atoms with Gasteiger partial charge in [0.05, 0.1) is 5.92 Å². The molecule has 5 nitrogen and oxygen atoms in total. The van der Waals surface area contributed by atoms with Gasteiger partial charge in [-0.15, -0.1) is 0 Å². The van der Waals surface area contributed by atoms with Crippen molar-refractivity contribution < 1.29 is 62.3 Å². The van der Waals surface area contributed by atoms with Crippen LogP contribution in [0.4, 0.5) is 8.78 Å². The predicted molar refractivity (Wildman–Crippen MR) is 57.5 cm³/mol. The van der Waals surface area contributed by atoms with Crippen LogP contribution >= 0.6 is 0 Å². The van der Waals surface area contributed by atoms with Crippen molar-refractivity contribution in [3.8, 4) is 0 Å². The molecule has 0 aliphatic heterocycles. The Bertz CT molecular complexity index is 459. The second-order valence-electron chi connectivity index (χ2n) is 5.00. The third kappa shape index (κ3) is 3.66. The van der Waals surface area contributed by atoms with E-state index in [4.69, 9.17) is 4.55 Å². The number of esters is 1. The average Bonchev–Trinajstić information content (AvgIpc) is 2.85. The maximum Gasteiger partial charge on any atom is 1.00 e.